The zero-order valence-corrected chi connectivity index (χ0v) is 17.5. The van der Waals surface area contributed by atoms with Crippen molar-refractivity contribution in [3.8, 4) is 16.6 Å². The third kappa shape index (κ3) is 3.68. The molecule has 1 aliphatic heterocycles. The summed E-state index contributed by atoms with van der Waals surface area (Å²) in [5, 5.41) is 21.3. The van der Waals surface area contributed by atoms with Crippen LogP contribution in [0.4, 0.5) is 11.4 Å². The van der Waals surface area contributed by atoms with Crippen LogP contribution in [-0.4, -0.2) is 34.4 Å². The van der Waals surface area contributed by atoms with E-state index in [-0.39, 0.29) is 5.54 Å². The summed E-state index contributed by atoms with van der Waals surface area (Å²) in [6, 6.07) is 17.9. The monoisotopic (exact) mass is 428 g/mol. The molecular weight excluding hydrogens is 408 g/mol. The minimum absolute atomic E-state index is 0.312. The normalized spacial score (nSPS) is 22.0. The highest BCUT2D eigenvalue weighted by Gasteiger charge is 2.54. The summed E-state index contributed by atoms with van der Waals surface area (Å²) in [5.74, 6) is -0.119. The van der Waals surface area contributed by atoms with Crippen LogP contribution in [0, 0.1) is 17.4 Å². The zero-order chi connectivity index (χ0) is 21.3. The van der Waals surface area contributed by atoms with E-state index in [4.69, 9.17) is 5.26 Å². The first kappa shape index (κ1) is 19.4. The fourth-order valence-corrected chi connectivity index (χ4v) is 5.06. The maximum atomic E-state index is 12.6. The number of likely N-dealkylation sites (tertiary alicyclic amines) is 1. The van der Waals surface area contributed by atoms with Crippen LogP contribution >= 0.6 is 11.3 Å². The van der Waals surface area contributed by atoms with Gasteiger partial charge in [-0.15, -0.1) is 16.5 Å². The van der Waals surface area contributed by atoms with Crippen LogP contribution in [0.5, 0.6) is 0 Å². The van der Waals surface area contributed by atoms with Crippen molar-refractivity contribution in [1.29, 1.82) is 5.26 Å². The van der Waals surface area contributed by atoms with Gasteiger partial charge in [-0.25, -0.2) is 4.98 Å². The third-order valence-electron chi connectivity index (χ3n) is 6.01. The van der Waals surface area contributed by atoms with E-state index in [1.165, 1.54) is 11.3 Å². The number of hydrogen-bond donors (Lipinski definition) is 1. The molecule has 1 N–H and O–H groups in total. The van der Waals surface area contributed by atoms with Gasteiger partial charge in [0.25, 0.3) is 0 Å². The molecule has 2 fully saturated rings. The number of azo groups is 1. The fourth-order valence-electron chi connectivity index (χ4n) is 4.22. The Balaban J connectivity index is 1.34. The molecule has 1 saturated heterocycles. The second-order valence-electron chi connectivity index (χ2n) is 7.89. The number of nitrogens with zero attached hydrogens (tertiary/aromatic N) is 5. The molecule has 1 aliphatic carbocycles. The van der Waals surface area contributed by atoms with Gasteiger partial charge >= 0.3 is 5.91 Å². The lowest BCUT2D eigenvalue weighted by molar-refractivity contribution is 0.0974. The van der Waals surface area contributed by atoms with Crippen molar-refractivity contribution in [3.05, 3.63) is 65.8 Å². The Bertz CT molecular complexity index is 1180. The van der Waals surface area contributed by atoms with Gasteiger partial charge in [0.05, 0.1) is 11.4 Å². The Kier molecular flexibility index (Phi) is 4.96. The largest absolute Gasteiger partial charge is 0.355 e. The first-order valence-corrected chi connectivity index (χ1v) is 11.0. The molecule has 1 amide bonds. The topological polar surface area (TPSA) is 93.7 Å². The number of anilines is 2. The van der Waals surface area contributed by atoms with Gasteiger partial charge in [0.15, 0.2) is 11.2 Å². The van der Waals surface area contributed by atoms with Crippen molar-refractivity contribution in [2.75, 3.05) is 18.4 Å². The summed E-state index contributed by atoms with van der Waals surface area (Å²) < 4.78 is 0. The van der Waals surface area contributed by atoms with Gasteiger partial charge in [-0.2, -0.15) is 10.4 Å². The molecule has 1 saturated carbocycles. The van der Waals surface area contributed by atoms with Crippen molar-refractivity contribution < 1.29 is 4.79 Å². The number of carbonyl (C=O) groups excluding carboxylic acids is 1. The minimum Gasteiger partial charge on any atom is -0.355 e. The van der Waals surface area contributed by atoms with Crippen molar-refractivity contribution in [3.63, 3.8) is 0 Å². The van der Waals surface area contributed by atoms with Crippen LogP contribution in [0.25, 0.3) is 10.4 Å². The number of nitrogens with one attached hydrogen (secondary N) is 1. The molecule has 0 radical (unpaired) electrons. The first-order valence-electron chi connectivity index (χ1n) is 10.2. The van der Waals surface area contributed by atoms with Gasteiger partial charge < -0.3 is 10.2 Å². The van der Waals surface area contributed by atoms with E-state index >= 15 is 0 Å². The predicted molar refractivity (Wildman–Crippen MR) is 119 cm³/mol. The van der Waals surface area contributed by atoms with Crippen molar-refractivity contribution in [2.24, 2.45) is 16.1 Å². The van der Waals surface area contributed by atoms with E-state index in [9.17, 15) is 4.79 Å². The third-order valence-corrected chi connectivity index (χ3v) is 7.03. The van der Waals surface area contributed by atoms with Crippen molar-refractivity contribution in [1.82, 2.24) is 9.88 Å². The summed E-state index contributed by atoms with van der Waals surface area (Å²) in [5.41, 5.74) is 2.52. The highest BCUT2D eigenvalue weighted by atomic mass is 32.1. The van der Waals surface area contributed by atoms with Gasteiger partial charge in [0, 0.05) is 35.6 Å². The number of fused-ring (bicyclic) bond motifs is 1. The molecule has 2 atom stereocenters. The molecule has 2 aromatic carbocycles. The molecule has 0 spiro atoms. The predicted octanol–water partition coefficient (Wildman–Crippen LogP) is 5.09. The number of nitriles is 1. The molecule has 1 aromatic heterocycles. The lowest BCUT2D eigenvalue weighted by atomic mass is 9.70. The summed E-state index contributed by atoms with van der Waals surface area (Å²) in [4.78, 5) is 19.5. The minimum atomic E-state index is -0.430. The summed E-state index contributed by atoms with van der Waals surface area (Å²) in [7, 11) is 0. The molecule has 2 aliphatic rings. The van der Waals surface area contributed by atoms with Gasteiger partial charge in [0.2, 0.25) is 0 Å². The van der Waals surface area contributed by atoms with E-state index in [1.54, 1.807) is 11.1 Å². The molecule has 5 rings (SSSR count). The highest BCUT2D eigenvalue weighted by molar-refractivity contribution is 7.17. The average Bonchev–Trinajstić information content (AvgIpc) is 3.37. The van der Waals surface area contributed by atoms with Crippen molar-refractivity contribution in [2.45, 2.75) is 18.4 Å². The van der Waals surface area contributed by atoms with Crippen LogP contribution in [-0.2, 0) is 0 Å². The van der Waals surface area contributed by atoms with Crippen LogP contribution < -0.4 is 5.32 Å². The Labute approximate surface area is 184 Å². The maximum Gasteiger partial charge on any atom is 0.323 e. The lowest BCUT2D eigenvalue weighted by Crippen LogP contribution is -2.44. The fraction of sp³-hybridized carbons (Fsp3) is 0.261. The lowest BCUT2D eigenvalue weighted by Gasteiger charge is -2.38. The number of para-hydroxylation sites is 2. The summed E-state index contributed by atoms with van der Waals surface area (Å²) in [6.07, 6.45) is 5.78. The number of amides is 1. The Morgan fingerprint density at radius 2 is 2.03 bits per heavy atom. The van der Waals surface area contributed by atoms with E-state index in [0.29, 0.717) is 24.0 Å². The number of carbonyl (C=O) groups is 1. The molecular formula is C23H20N6OS. The van der Waals surface area contributed by atoms with Crippen molar-refractivity contribution >= 4 is 28.6 Å². The molecule has 3 aromatic rings. The van der Waals surface area contributed by atoms with E-state index in [1.807, 2.05) is 54.6 Å². The zero-order valence-electron chi connectivity index (χ0n) is 16.7. The molecule has 154 valence electrons. The van der Waals surface area contributed by atoms with Gasteiger partial charge in [0.1, 0.15) is 5.54 Å². The Morgan fingerprint density at radius 1 is 1.23 bits per heavy atom. The molecule has 2 heterocycles. The Hall–Kier alpha value is -3.57. The molecule has 7 nitrogen and oxygen atoms in total. The summed E-state index contributed by atoms with van der Waals surface area (Å²) in [6.45, 7) is 1.25. The maximum absolute atomic E-state index is 12.6. The second kappa shape index (κ2) is 7.93. The van der Waals surface area contributed by atoms with Crippen LogP contribution in [0.2, 0.25) is 0 Å². The summed E-state index contributed by atoms with van der Waals surface area (Å²) >= 11 is 1.31. The smallest absolute Gasteiger partial charge is 0.323 e. The molecule has 31 heavy (non-hydrogen) atoms. The number of hydrogen-bond acceptors (Lipinski definition) is 7. The first-order chi connectivity index (χ1) is 15.2. The number of aromatic nitrogens is 1. The SMILES string of the molecule is N#CN1CC2CCC2(/N=N\C(=O)c2ncc(-c3ccccc3Nc3ccccc3)s2)C1. The van der Waals surface area contributed by atoms with Gasteiger partial charge in [-0.3, -0.25) is 4.79 Å². The van der Waals surface area contributed by atoms with E-state index in [0.717, 1.165) is 34.7 Å². The average molecular weight is 429 g/mol. The molecule has 8 heteroatoms. The van der Waals surface area contributed by atoms with Crippen LogP contribution in [0.15, 0.2) is 71.0 Å². The van der Waals surface area contributed by atoms with E-state index < -0.39 is 5.91 Å². The van der Waals surface area contributed by atoms with Gasteiger partial charge in [-0.1, -0.05) is 36.4 Å². The van der Waals surface area contributed by atoms with Crippen LogP contribution in [0.3, 0.4) is 0 Å². The quantitative estimate of drug-likeness (QED) is 0.451. The number of rotatable bonds is 5. The number of thiazole rings is 1. The van der Waals surface area contributed by atoms with E-state index in [2.05, 4.69) is 26.7 Å². The molecule has 2 unspecified atom stereocenters. The second-order valence-corrected chi connectivity index (χ2v) is 8.92. The Morgan fingerprint density at radius 3 is 2.81 bits per heavy atom. The highest BCUT2D eigenvalue weighted by Crippen LogP contribution is 2.47. The van der Waals surface area contributed by atoms with Gasteiger partial charge in [-0.05, 0) is 31.0 Å². The molecule has 0 bridgehead atoms. The number of benzene rings is 2. The van der Waals surface area contributed by atoms with Crippen LogP contribution in [0.1, 0.15) is 22.6 Å². The standard InChI is InChI=1S/C23H20N6OS/c24-15-29-13-16-10-11-23(16,14-29)28-27-21(30)22-25-12-20(31-22)18-8-4-5-9-19(18)26-17-6-2-1-3-7-17/h1-9,12,16,26H,10-11,13-14H2/b28-27-.